The molecule has 8 aromatic rings. The third-order valence-electron chi connectivity index (χ3n) is 9.28. The van der Waals surface area contributed by atoms with E-state index in [0.29, 0.717) is 30.8 Å². The first-order valence-electron chi connectivity index (χ1n) is 16.7. The second-order valence-electron chi connectivity index (χ2n) is 12.3. The number of hydrogen-bond acceptors (Lipinski definition) is 6. The molecule has 0 saturated carbocycles. The van der Waals surface area contributed by atoms with Crippen LogP contribution in [0.4, 0.5) is 0 Å². The molecule has 0 aliphatic heterocycles. The average molecular weight is 675 g/mol. The Bertz CT molecular complexity index is 2440. The molecule has 2 heterocycles. The Kier molecular flexibility index (Phi) is 8.33. The normalized spacial score (nSPS) is 11.3. The molecule has 0 amide bonds. The molecule has 8 heteroatoms. The number of fused-ring (bicyclic) bond motifs is 6. The van der Waals surface area contributed by atoms with Crippen LogP contribution in [0.25, 0.3) is 55.0 Å². The zero-order chi connectivity index (χ0) is 34.9. The van der Waals surface area contributed by atoms with Gasteiger partial charge in [0.15, 0.2) is 0 Å². The Balaban J connectivity index is 0.926. The summed E-state index contributed by atoms with van der Waals surface area (Å²) in [6.45, 7) is 1.02. The summed E-state index contributed by atoms with van der Waals surface area (Å²) in [6.07, 6.45) is 2.39. The van der Waals surface area contributed by atoms with Gasteiger partial charge in [-0.05, 0) is 121 Å². The van der Waals surface area contributed by atoms with Crippen LogP contribution in [-0.2, 0) is 0 Å². The van der Waals surface area contributed by atoms with Crippen LogP contribution in [-0.4, -0.2) is 49.1 Å². The van der Waals surface area contributed by atoms with Gasteiger partial charge in [-0.2, -0.15) is 0 Å². The first kappa shape index (κ1) is 31.7. The molecule has 0 aliphatic rings. The van der Waals surface area contributed by atoms with Gasteiger partial charge in [-0.25, -0.2) is 0 Å². The maximum atomic E-state index is 11.5. The number of hydrogen-bond donors (Lipinski definition) is 0. The van der Waals surface area contributed by atoms with Crippen molar-refractivity contribution in [1.29, 1.82) is 0 Å². The van der Waals surface area contributed by atoms with Crippen LogP contribution in [0.1, 0.15) is 27.1 Å². The van der Waals surface area contributed by atoms with Gasteiger partial charge in [0.1, 0.15) is 35.6 Å². The molecule has 6 aromatic carbocycles. The van der Waals surface area contributed by atoms with Crippen molar-refractivity contribution >= 4 is 56.2 Å². The molecule has 252 valence electrons. The molecule has 0 unspecified atom stereocenters. The molecule has 2 aromatic heterocycles. The van der Waals surface area contributed by atoms with E-state index in [1.807, 2.05) is 72.8 Å². The highest BCUT2D eigenvalue weighted by Crippen LogP contribution is 2.37. The van der Waals surface area contributed by atoms with E-state index in [4.69, 9.17) is 18.9 Å². The fourth-order valence-corrected chi connectivity index (χ4v) is 6.82. The second-order valence-corrected chi connectivity index (χ2v) is 12.3. The van der Waals surface area contributed by atoms with E-state index < -0.39 is 0 Å². The van der Waals surface area contributed by atoms with Gasteiger partial charge in [0.25, 0.3) is 0 Å². The third-order valence-corrected chi connectivity index (χ3v) is 9.28. The molecule has 0 spiro atoms. The molecule has 0 radical (unpaired) electrons. The summed E-state index contributed by atoms with van der Waals surface area (Å²) < 4.78 is 27.5. The molecule has 0 bridgehead atoms. The Morgan fingerprint density at radius 1 is 0.451 bits per heavy atom. The van der Waals surface area contributed by atoms with Crippen LogP contribution in [0.15, 0.2) is 121 Å². The maximum absolute atomic E-state index is 11.5. The van der Waals surface area contributed by atoms with Gasteiger partial charge in [0.2, 0.25) is 0 Å². The van der Waals surface area contributed by atoms with Gasteiger partial charge < -0.3 is 28.1 Å². The average Bonchev–Trinajstić information content (AvgIpc) is 3.69. The molecule has 0 aliphatic carbocycles. The van der Waals surface area contributed by atoms with Crippen molar-refractivity contribution in [2.24, 2.45) is 0 Å². The van der Waals surface area contributed by atoms with Gasteiger partial charge in [0, 0.05) is 50.5 Å². The lowest BCUT2D eigenvalue weighted by Crippen LogP contribution is -2.05. The molecular weight excluding hydrogens is 640 g/mol. The van der Waals surface area contributed by atoms with E-state index in [1.165, 1.54) is 0 Å². The van der Waals surface area contributed by atoms with E-state index in [-0.39, 0.29) is 0 Å². The Hall–Kier alpha value is -6.54. The quantitative estimate of drug-likeness (QED) is 0.0949. The molecule has 0 N–H and O–H groups in total. The summed E-state index contributed by atoms with van der Waals surface area (Å²) in [5.41, 5.74) is 7.22. The van der Waals surface area contributed by atoms with E-state index in [9.17, 15) is 9.59 Å². The minimum Gasteiger partial charge on any atom is -0.497 e. The number of ether oxygens (including phenoxy) is 4. The lowest BCUT2D eigenvalue weighted by molar-refractivity contribution is 0.111. The highest BCUT2D eigenvalue weighted by atomic mass is 16.5. The van der Waals surface area contributed by atoms with Crippen molar-refractivity contribution in [2.75, 3.05) is 27.4 Å². The fourth-order valence-electron chi connectivity index (χ4n) is 6.82. The number of methoxy groups -OCH3 is 2. The molecule has 51 heavy (non-hydrogen) atoms. The minimum atomic E-state index is 0.504. The van der Waals surface area contributed by atoms with E-state index in [0.717, 1.165) is 90.6 Å². The number of aldehydes is 2. The smallest absolute Gasteiger partial charge is 0.150 e. The van der Waals surface area contributed by atoms with Crippen molar-refractivity contribution in [3.05, 3.63) is 132 Å². The number of rotatable bonds is 12. The van der Waals surface area contributed by atoms with Crippen LogP contribution in [0.5, 0.6) is 23.0 Å². The lowest BCUT2D eigenvalue weighted by Gasteiger charge is -2.12. The van der Waals surface area contributed by atoms with Gasteiger partial charge >= 0.3 is 0 Å². The number of carbonyl (C=O) groups excluding carboxylic acids is 2. The zero-order valence-corrected chi connectivity index (χ0v) is 28.2. The summed E-state index contributed by atoms with van der Waals surface area (Å²) in [5.74, 6) is 3.16. The van der Waals surface area contributed by atoms with Crippen LogP contribution >= 0.6 is 0 Å². The molecule has 0 saturated heterocycles. The Morgan fingerprint density at radius 3 is 1.18 bits per heavy atom. The summed E-state index contributed by atoms with van der Waals surface area (Å²) in [5, 5.41) is 4.02. The SMILES string of the molecule is COc1ccc2c(c1)c1cc(OC)ccc1n2-c1ccc(OCCCOc2ccc(-n3c4ccc(C=O)cc4c4cc(C=O)ccc43)cc2)cc1. The van der Waals surface area contributed by atoms with Crippen molar-refractivity contribution < 1.29 is 28.5 Å². The highest BCUT2D eigenvalue weighted by molar-refractivity contribution is 6.12. The van der Waals surface area contributed by atoms with Crippen molar-refractivity contribution in [3.63, 3.8) is 0 Å². The predicted molar refractivity (Wildman–Crippen MR) is 201 cm³/mol. The Morgan fingerprint density at radius 2 is 0.804 bits per heavy atom. The molecular formula is C43H34N2O6. The molecule has 8 rings (SSSR count). The van der Waals surface area contributed by atoms with Gasteiger partial charge in [-0.1, -0.05) is 0 Å². The van der Waals surface area contributed by atoms with Crippen LogP contribution in [0, 0.1) is 0 Å². The topological polar surface area (TPSA) is 80.9 Å². The van der Waals surface area contributed by atoms with Gasteiger partial charge in [0.05, 0.1) is 49.5 Å². The first-order valence-corrected chi connectivity index (χ1v) is 16.7. The molecule has 0 fully saturated rings. The number of carbonyl (C=O) groups is 2. The van der Waals surface area contributed by atoms with E-state index >= 15 is 0 Å². The number of benzene rings is 6. The largest absolute Gasteiger partial charge is 0.497 e. The summed E-state index contributed by atoms with van der Waals surface area (Å²) in [4.78, 5) is 23.0. The predicted octanol–water partition coefficient (Wildman–Crippen LogP) is 9.37. The Labute approximate surface area is 293 Å². The van der Waals surface area contributed by atoms with Crippen molar-refractivity contribution in [1.82, 2.24) is 9.13 Å². The number of aromatic nitrogens is 2. The fraction of sp³-hybridized carbons (Fsp3) is 0.116. The van der Waals surface area contributed by atoms with E-state index in [1.54, 1.807) is 26.4 Å². The van der Waals surface area contributed by atoms with Crippen LogP contribution in [0.3, 0.4) is 0 Å². The van der Waals surface area contributed by atoms with Crippen molar-refractivity contribution in [3.8, 4) is 34.4 Å². The molecule has 8 nitrogen and oxygen atoms in total. The standard InChI is InChI=1S/C43H34N2O6/c1-48-34-14-18-42-38(24-34)39-25-35(49-2)15-19-43(39)45(42)31-8-12-33(13-9-31)51-21-3-20-50-32-10-6-30(7-11-32)44-40-16-4-28(26-46)22-36(40)37-23-29(27-47)5-17-41(37)44/h4-19,22-27H,3,20-21H2,1-2H3. The van der Waals surface area contributed by atoms with Crippen LogP contribution < -0.4 is 18.9 Å². The van der Waals surface area contributed by atoms with Crippen LogP contribution in [0.2, 0.25) is 0 Å². The second kappa shape index (κ2) is 13.4. The summed E-state index contributed by atoms with van der Waals surface area (Å²) in [6, 6.07) is 39.5. The van der Waals surface area contributed by atoms with Gasteiger partial charge in [-0.15, -0.1) is 0 Å². The minimum absolute atomic E-state index is 0.504. The maximum Gasteiger partial charge on any atom is 0.150 e. The summed E-state index contributed by atoms with van der Waals surface area (Å²) >= 11 is 0. The lowest BCUT2D eigenvalue weighted by atomic mass is 10.1. The monoisotopic (exact) mass is 674 g/mol. The zero-order valence-electron chi connectivity index (χ0n) is 28.2. The first-order chi connectivity index (χ1) is 25.1. The van der Waals surface area contributed by atoms with Gasteiger partial charge in [-0.3, -0.25) is 9.59 Å². The van der Waals surface area contributed by atoms with E-state index in [2.05, 4.69) is 45.5 Å². The molecule has 0 atom stereocenters. The third kappa shape index (κ3) is 5.80. The number of nitrogens with zero attached hydrogens (tertiary/aromatic N) is 2. The van der Waals surface area contributed by atoms with Crippen molar-refractivity contribution in [2.45, 2.75) is 6.42 Å². The highest BCUT2D eigenvalue weighted by Gasteiger charge is 2.16. The summed E-state index contributed by atoms with van der Waals surface area (Å²) in [7, 11) is 3.36.